The lowest BCUT2D eigenvalue weighted by molar-refractivity contribution is 0.0639. The number of carbonyl (C=O) groups is 1. The van der Waals surface area contributed by atoms with Gasteiger partial charge in [-0.3, -0.25) is 4.79 Å². The molecule has 1 amide bonds. The molecule has 1 fully saturated rings. The number of likely N-dealkylation sites (tertiary alicyclic amines) is 1. The second kappa shape index (κ2) is 5.52. The fourth-order valence-electron chi connectivity index (χ4n) is 2.02. The molecule has 2 nitrogen and oxygen atoms in total. The predicted molar refractivity (Wildman–Crippen MR) is 71.4 cm³/mol. The highest BCUT2D eigenvalue weighted by atomic mass is 79.9. The second-order valence-corrected chi connectivity index (χ2v) is 6.54. The van der Waals surface area contributed by atoms with E-state index in [9.17, 15) is 4.79 Å². The zero-order valence-corrected chi connectivity index (χ0v) is 11.9. The van der Waals surface area contributed by atoms with Gasteiger partial charge in [0, 0.05) is 23.8 Å². The van der Waals surface area contributed by atoms with Crippen molar-refractivity contribution in [2.75, 3.05) is 12.4 Å². The lowest BCUT2D eigenvalue weighted by Crippen LogP contribution is -2.44. The molecule has 88 valence electrons. The van der Waals surface area contributed by atoms with Gasteiger partial charge in [0.2, 0.25) is 0 Å². The standard InChI is InChI=1S/C11H13BrClNOS/c12-10-5-8(7-16-10)11(15)14-4-2-1-3-9(14)6-13/h5,7,9H,1-4,6H2. The van der Waals surface area contributed by atoms with Crippen LogP contribution in [0.1, 0.15) is 29.6 Å². The topological polar surface area (TPSA) is 20.3 Å². The molecular formula is C11H13BrClNOS. The molecule has 0 aromatic carbocycles. The molecule has 0 bridgehead atoms. The second-order valence-electron chi connectivity index (χ2n) is 3.94. The Morgan fingerprint density at radius 1 is 1.62 bits per heavy atom. The van der Waals surface area contributed by atoms with Crippen molar-refractivity contribution in [1.82, 2.24) is 4.90 Å². The lowest BCUT2D eigenvalue weighted by Gasteiger charge is -2.34. The van der Waals surface area contributed by atoms with Crippen LogP contribution in [0.2, 0.25) is 0 Å². The van der Waals surface area contributed by atoms with E-state index < -0.39 is 0 Å². The quantitative estimate of drug-likeness (QED) is 0.760. The smallest absolute Gasteiger partial charge is 0.255 e. The van der Waals surface area contributed by atoms with E-state index >= 15 is 0 Å². The third kappa shape index (κ3) is 2.60. The third-order valence-electron chi connectivity index (χ3n) is 2.88. The third-order valence-corrected chi connectivity index (χ3v) is 4.74. The first-order valence-electron chi connectivity index (χ1n) is 5.33. The monoisotopic (exact) mass is 321 g/mol. The number of amides is 1. The van der Waals surface area contributed by atoms with Crippen molar-refractivity contribution in [3.05, 3.63) is 20.8 Å². The number of halogens is 2. The molecule has 2 rings (SSSR count). The largest absolute Gasteiger partial charge is 0.334 e. The Morgan fingerprint density at radius 3 is 3.06 bits per heavy atom. The number of hydrogen-bond donors (Lipinski definition) is 0. The molecule has 0 radical (unpaired) electrons. The van der Waals surface area contributed by atoms with Crippen molar-refractivity contribution in [3.63, 3.8) is 0 Å². The van der Waals surface area contributed by atoms with Crippen LogP contribution in [0, 0.1) is 0 Å². The number of carbonyl (C=O) groups excluding carboxylic acids is 1. The van der Waals surface area contributed by atoms with Crippen molar-refractivity contribution in [2.45, 2.75) is 25.3 Å². The molecule has 1 aromatic heterocycles. The predicted octanol–water partition coefficient (Wildman–Crippen LogP) is 3.74. The van der Waals surface area contributed by atoms with Crippen molar-refractivity contribution in [2.24, 2.45) is 0 Å². The minimum absolute atomic E-state index is 0.118. The van der Waals surface area contributed by atoms with Gasteiger partial charge in [-0.1, -0.05) is 0 Å². The zero-order valence-electron chi connectivity index (χ0n) is 8.79. The van der Waals surface area contributed by atoms with Gasteiger partial charge in [-0.05, 0) is 41.3 Å². The van der Waals surface area contributed by atoms with Crippen molar-refractivity contribution >= 4 is 44.8 Å². The highest BCUT2D eigenvalue weighted by Gasteiger charge is 2.27. The summed E-state index contributed by atoms with van der Waals surface area (Å²) in [4.78, 5) is 14.2. The fraction of sp³-hybridized carbons (Fsp3) is 0.545. The Morgan fingerprint density at radius 2 is 2.44 bits per heavy atom. The Hall–Kier alpha value is -0.0600. The first-order valence-corrected chi connectivity index (χ1v) is 7.54. The van der Waals surface area contributed by atoms with E-state index in [4.69, 9.17) is 11.6 Å². The summed E-state index contributed by atoms with van der Waals surface area (Å²) in [6.07, 6.45) is 3.29. The average Bonchev–Trinajstić information content (AvgIpc) is 2.75. The van der Waals surface area contributed by atoms with Gasteiger partial charge in [-0.2, -0.15) is 0 Å². The number of alkyl halides is 1. The van der Waals surface area contributed by atoms with Crippen LogP contribution in [0.3, 0.4) is 0 Å². The van der Waals surface area contributed by atoms with Gasteiger partial charge >= 0.3 is 0 Å². The van der Waals surface area contributed by atoms with E-state index in [1.807, 2.05) is 16.3 Å². The van der Waals surface area contributed by atoms with Gasteiger partial charge in [0.15, 0.2) is 0 Å². The summed E-state index contributed by atoms with van der Waals surface area (Å²) in [6, 6.07) is 2.09. The van der Waals surface area contributed by atoms with E-state index in [1.54, 1.807) is 11.3 Å². The minimum atomic E-state index is 0.118. The van der Waals surface area contributed by atoms with E-state index in [0.29, 0.717) is 5.88 Å². The molecule has 2 heterocycles. The fourth-order valence-corrected chi connectivity index (χ4v) is 3.47. The van der Waals surface area contributed by atoms with Crippen LogP contribution in [0.5, 0.6) is 0 Å². The van der Waals surface area contributed by atoms with Crippen LogP contribution in [0.4, 0.5) is 0 Å². The van der Waals surface area contributed by atoms with Crippen LogP contribution in [0.25, 0.3) is 0 Å². The molecule has 16 heavy (non-hydrogen) atoms. The summed E-state index contributed by atoms with van der Waals surface area (Å²) in [6.45, 7) is 0.837. The summed E-state index contributed by atoms with van der Waals surface area (Å²) >= 11 is 10.8. The molecule has 0 spiro atoms. The van der Waals surface area contributed by atoms with Crippen LogP contribution in [-0.4, -0.2) is 29.3 Å². The summed E-state index contributed by atoms with van der Waals surface area (Å²) in [7, 11) is 0. The SMILES string of the molecule is O=C(c1csc(Br)c1)N1CCCCC1CCl. The molecule has 1 saturated heterocycles. The Labute approximate surface area is 113 Å². The van der Waals surface area contributed by atoms with Gasteiger partial charge in [0.05, 0.1) is 9.35 Å². The van der Waals surface area contributed by atoms with E-state index in [0.717, 1.165) is 28.7 Å². The van der Waals surface area contributed by atoms with Crippen molar-refractivity contribution < 1.29 is 4.79 Å². The highest BCUT2D eigenvalue weighted by Crippen LogP contribution is 2.25. The zero-order chi connectivity index (χ0) is 11.5. The van der Waals surface area contributed by atoms with Gasteiger partial charge in [0.25, 0.3) is 5.91 Å². The van der Waals surface area contributed by atoms with Crippen LogP contribution in [0.15, 0.2) is 15.2 Å². The van der Waals surface area contributed by atoms with E-state index in [1.165, 1.54) is 6.42 Å². The van der Waals surface area contributed by atoms with E-state index in [2.05, 4.69) is 15.9 Å². The highest BCUT2D eigenvalue weighted by molar-refractivity contribution is 9.11. The van der Waals surface area contributed by atoms with Gasteiger partial charge in [0.1, 0.15) is 0 Å². The minimum Gasteiger partial charge on any atom is -0.334 e. The van der Waals surface area contributed by atoms with Crippen LogP contribution in [-0.2, 0) is 0 Å². The number of hydrogen-bond acceptors (Lipinski definition) is 2. The van der Waals surface area contributed by atoms with Gasteiger partial charge in [-0.15, -0.1) is 22.9 Å². The Balaban J connectivity index is 2.13. The number of rotatable bonds is 2. The summed E-state index contributed by atoms with van der Waals surface area (Å²) in [5, 5.41) is 1.90. The summed E-state index contributed by atoms with van der Waals surface area (Å²) in [5.41, 5.74) is 0.772. The molecule has 5 heteroatoms. The summed E-state index contributed by atoms with van der Waals surface area (Å²) < 4.78 is 0.996. The van der Waals surface area contributed by atoms with Crippen molar-refractivity contribution in [1.29, 1.82) is 0 Å². The first kappa shape index (κ1) is 12.4. The van der Waals surface area contributed by atoms with Gasteiger partial charge in [-0.25, -0.2) is 0 Å². The Bertz CT molecular complexity index is 382. The maximum atomic E-state index is 12.2. The normalized spacial score (nSPS) is 21.1. The maximum Gasteiger partial charge on any atom is 0.255 e. The summed E-state index contributed by atoms with van der Waals surface area (Å²) in [5.74, 6) is 0.657. The molecule has 1 aliphatic rings. The molecule has 0 N–H and O–H groups in total. The van der Waals surface area contributed by atoms with Crippen molar-refractivity contribution in [3.8, 4) is 0 Å². The average molecular weight is 323 g/mol. The number of thiophene rings is 1. The molecule has 0 aliphatic carbocycles. The Kier molecular flexibility index (Phi) is 4.27. The first-order chi connectivity index (χ1) is 7.72. The van der Waals surface area contributed by atoms with Gasteiger partial charge < -0.3 is 4.90 Å². The molecular weight excluding hydrogens is 310 g/mol. The molecule has 1 aliphatic heterocycles. The maximum absolute atomic E-state index is 12.2. The van der Waals surface area contributed by atoms with Crippen LogP contribution < -0.4 is 0 Å². The molecule has 0 saturated carbocycles. The van der Waals surface area contributed by atoms with E-state index in [-0.39, 0.29) is 11.9 Å². The molecule has 1 atom stereocenters. The lowest BCUT2D eigenvalue weighted by atomic mass is 10.0. The molecule has 1 unspecified atom stereocenters. The molecule has 1 aromatic rings. The number of nitrogens with zero attached hydrogens (tertiary/aromatic N) is 1. The number of piperidine rings is 1. The van der Waals surface area contributed by atoms with Crippen LogP contribution >= 0.6 is 38.9 Å².